The first-order chi connectivity index (χ1) is 15.7. The molecular weight excluding hydrogens is 466 g/mol. The molecule has 3 rings (SSSR count). The van der Waals surface area contributed by atoms with Crippen LogP contribution >= 0.6 is 11.6 Å². The number of carbonyl (C=O) groups excluding carboxylic acids is 2. The summed E-state index contributed by atoms with van der Waals surface area (Å²) < 4.78 is 33.9. The quantitative estimate of drug-likeness (QED) is 0.424. The summed E-state index contributed by atoms with van der Waals surface area (Å²) >= 11 is 5.87. The number of nitrogens with one attached hydrogen (secondary N) is 3. The maximum atomic E-state index is 12.9. The van der Waals surface area contributed by atoms with Crippen LogP contribution in [0.2, 0.25) is 5.02 Å². The van der Waals surface area contributed by atoms with Crippen molar-refractivity contribution >= 4 is 50.5 Å². The molecule has 0 aliphatic carbocycles. The maximum Gasteiger partial charge on any atom is 0.261 e. The van der Waals surface area contributed by atoms with Crippen LogP contribution < -0.4 is 20.1 Å². The molecule has 0 bridgehead atoms. The Labute approximate surface area is 197 Å². The lowest BCUT2D eigenvalue weighted by Crippen LogP contribution is -2.16. The number of ether oxygens (including phenoxy) is 1. The molecule has 0 atom stereocenters. The van der Waals surface area contributed by atoms with Gasteiger partial charge in [0, 0.05) is 28.9 Å². The van der Waals surface area contributed by atoms with Gasteiger partial charge in [-0.25, -0.2) is 8.42 Å². The van der Waals surface area contributed by atoms with E-state index in [1.54, 1.807) is 43.3 Å². The van der Waals surface area contributed by atoms with Crippen LogP contribution in [-0.2, 0) is 14.8 Å². The summed E-state index contributed by atoms with van der Waals surface area (Å²) in [6, 6.07) is 16.7. The Bertz CT molecular complexity index is 1260. The van der Waals surface area contributed by atoms with Crippen LogP contribution in [0.3, 0.4) is 0 Å². The summed E-state index contributed by atoms with van der Waals surface area (Å²) in [5.41, 5.74) is 1.41. The second-order valence-corrected chi connectivity index (χ2v) is 9.03. The average molecular weight is 488 g/mol. The number of hydrogen-bond acceptors (Lipinski definition) is 5. The zero-order chi connectivity index (χ0) is 24.0. The summed E-state index contributed by atoms with van der Waals surface area (Å²) in [6.07, 6.45) is 0. The van der Waals surface area contributed by atoms with Crippen molar-refractivity contribution in [2.45, 2.75) is 18.7 Å². The van der Waals surface area contributed by atoms with Gasteiger partial charge in [0.15, 0.2) is 0 Å². The van der Waals surface area contributed by atoms with E-state index in [1.165, 1.54) is 37.3 Å². The van der Waals surface area contributed by atoms with E-state index in [0.29, 0.717) is 34.3 Å². The van der Waals surface area contributed by atoms with Gasteiger partial charge in [0.05, 0.1) is 17.2 Å². The molecule has 0 radical (unpaired) electrons. The molecule has 0 unspecified atom stereocenters. The molecule has 8 nitrogen and oxygen atoms in total. The van der Waals surface area contributed by atoms with E-state index in [-0.39, 0.29) is 16.5 Å². The zero-order valence-electron chi connectivity index (χ0n) is 17.9. The number of sulfonamides is 1. The van der Waals surface area contributed by atoms with Gasteiger partial charge in [-0.3, -0.25) is 14.3 Å². The Morgan fingerprint density at radius 3 is 2.15 bits per heavy atom. The molecule has 0 saturated heterocycles. The average Bonchev–Trinajstić information content (AvgIpc) is 2.76. The van der Waals surface area contributed by atoms with Crippen molar-refractivity contribution in [3.8, 4) is 5.75 Å². The van der Waals surface area contributed by atoms with E-state index < -0.39 is 15.9 Å². The van der Waals surface area contributed by atoms with Crippen LogP contribution in [0, 0.1) is 0 Å². The largest absolute Gasteiger partial charge is 0.492 e. The molecule has 0 aliphatic heterocycles. The van der Waals surface area contributed by atoms with Crippen molar-refractivity contribution in [3.63, 3.8) is 0 Å². The number of benzene rings is 3. The van der Waals surface area contributed by atoms with Crippen LogP contribution in [0.4, 0.5) is 17.1 Å². The predicted octanol–water partition coefficient (Wildman–Crippen LogP) is 4.75. The van der Waals surface area contributed by atoms with Gasteiger partial charge in [-0.05, 0) is 73.7 Å². The van der Waals surface area contributed by atoms with Gasteiger partial charge in [-0.1, -0.05) is 11.6 Å². The van der Waals surface area contributed by atoms with Gasteiger partial charge in [0.1, 0.15) is 5.75 Å². The van der Waals surface area contributed by atoms with Gasteiger partial charge in [-0.15, -0.1) is 0 Å². The highest BCUT2D eigenvalue weighted by Crippen LogP contribution is 2.29. The molecular formula is C23H22ClN3O5S. The van der Waals surface area contributed by atoms with E-state index >= 15 is 0 Å². The van der Waals surface area contributed by atoms with E-state index in [2.05, 4.69) is 15.4 Å². The van der Waals surface area contributed by atoms with Crippen molar-refractivity contribution in [2.24, 2.45) is 0 Å². The lowest BCUT2D eigenvalue weighted by molar-refractivity contribution is -0.114. The lowest BCUT2D eigenvalue weighted by Gasteiger charge is -2.14. The van der Waals surface area contributed by atoms with Crippen molar-refractivity contribution in [2.75, 3.05) is 22.0 Å². The van der Waals surface area contributed by atoms with Crippen LogP contribution in [0.5, 0.6) is 5.75 Å². The topological polar surface area (TPSA) is 114 Å². The van der Waals surface area contributed by atoms with E-state index in [4.69, 9.17) is 16.3 Å². The third-order valence-corrected chi connectivity index (χ3v) is 6.00. The highest BCUT2D eigenvalue weighted by molar-refractivity contribution is 7.92. The number of anilines is 3. The molecule has 33 heavy (non-hydrogen) atoms. The van der Waals surface area contributed by atoms with Gasteiger partial charge in [0.2, 0.25) is 5.91 Å². The first-order valence-corrected chi connectivity index (χ1v) is 11.8. The third kappa shape index (κ3) is 6.47. The Kier molecular flexibility index (Phi) is 7.57. The van der Waals surface area contributed by atoms with E-state index in [0.717, 1.165) is 0 Å². The molecule has 0 spiro atoms. The summed E-state index contributed by atoms with van der Waals surface area (Å²) in [6.45, 7) is 3.49. The Hall–Kier alpha value is -3.56. The molecule has 10 heteroatoms. The SMILES string of the molecule is CCOc1ccc(S(=O)(=O)Nc2ccc(NC(C)=O)cc2)cc1NC(=O)c1ccc(Cl)cc1. The second-order valence-electron chi connectivity index (χ2n) is 6.92. The molecule has 0 aliphatic rings. The van der Waals surface area contributed by atoms with Crippen molar-refractivity contribution in [1.29, 1.82) is 0 Å². The monoisotopic (exact) mass is 487 g/mol. The fraction of sp³-hybridized carbons (Fsp3) is 0.130. The summed E-state index contributed by atoms with van der Waals surface area (Å²) in [4.78, 5) is 23.7. The summed E-state index contributed by atoms with van der Waals surface area (Å²) in [5.74, 6) is -0.340. The number of amides is 2. The number of halogens is 1. The van der Waals surface area contributed by atoms with Crippen molar-refractivity contribution in [1.82, 2.24) is 0 Å². The lowest BCUT2D eigenvalue weighted by atomic mass is 10.2. The fourth-order valence-electron chi connectivity index (χ4n) is 2.89. The summed E-state index contributed by atoms with van der Waals surface area (Å²) in [5, 5.41) is 5.79. The van der Waals surface area contributed by atoms with E-state index in [1.807, 2.05) is 0 Å². The Balaban J connectivity index is 1.85. The number of hydrogen-bond donors (Lipinski definition) is 3. The molecule has 0 aromatic heterocycles. The van der Waals surface area contributed by atoms with Crippen LogP contribution in [0.25, 0.3) is 0 Å². The molecule has 172 valence electrons. The minimum Gasteiger partial charge on any atom is -0.492 e. The smallest absolute Gasteiger partial charge is 0.261 e. The summed E-state index contributed by atoms with van der Waals surface area (Å²) in [7, 11) is -3.97. The highest BCUT2D eigenvalue weighted by atomic mass is 35.5. The van der Waals surface area contributed by atoms with Crippen molar-refractivity contribution in [3.05, 3.63) is 77.3 Å². The first-order valence-electron chi connectivity index (χ1n) is 9.92. The fourth-order valence-corrected chi connectivity index (χ4v) is 4.10. The second kappa shape index (κ2) is 10.4. The van der Waals surface area contributed by atoms with Crippen molar-refractivity contribution < 1.29 is 22.7 Å². The highest BCUT2D eigenvalue weighted by Gasteiger charge is 2.19. The van der Waals surface area contributed by atoms with Gasteiger partial charge in [-0.2, -0.15) is 0 Å². The van der Waals surface area contributed by atoms with Crippen LogP contribution in [0.15, 0.2) is 71.6 Å². The zero-order valence-corrected chi connectivity index (χ0v) is 19.5. The molecule has 0 heterocycles. The Morgan fingerprint density at radius 2 is 1.55 bits per heavy atom. The predicted molar refractivity (Wildman–Crippen MR) is 129 cm³/mol. The molecule has 3 aromatic carbocycles. The molecule has 0 fully saturated rings. The van der Waals surface area contributed by atoms with Crippen LogP contribution in [-0.4, -0.2) is 26.8 Å². The normalized spacial score (nSPS) is 10.9. The molecule has 2 amide bonds. The van der Waals surface area contributed by atoms with Gasteiger partial charge >= 0.3 is 0 Å². The van der Waals surface area contributed by atoms with Crippen LogP contribution in [0.1, 0.15) is 24.2 Å². The first kappa shape index (κ1) is 24.1. The van der Waals surface area contributed by atoms with E-state index in [9.17, 15) is 18.0 Å². The molecule has 3 aromatic rings. The minimum absolute atomic E-state index is 0.0664. The number of rotatable bonds is 8. The Morgan fingerprint density at radius 1 is 0.909 bits per heavy atom. The van der Waals surface area contributed by atoms with Gasteiger partial charge in [0.25, 0.3) is 15.9 Å². The van der Waals surface area contributed by atoms with Gasteiger partial charge < -0.3 is 15.4 Å². The number of carbonyl (C=O) groups is 2. The molecule has 3 N–H and O–H groups in total. The third-order valence-electron chi connectivity index (χ3n) is 4.37. The minimum atomic E-state index is -3.97. The molecule has 0 saturated carbocycles. The standard InChI is InChI=1S/C23H22ClN3O5S/c1-3-32-22-13-12-20(14-21(22)26-23(29)16-4-6-17(24)7-5-16)33(30,31)27-19-10-8-18(9-11-19)25-15(2)28/h4-14,27H,3H2,1-2H3,(H,25,28)(H,26,29). The maximum absolute atomic E-state index is 12.9.